The van der Waals surface area contributed by atoms with E-state index in [1.54, 1.807) is 37.4 Å². The quantitative estimate of drug-likeness (QED) is 0.677. The number of fused-ring (bicyclic) bond motifs is 1. The van der Waals surface area contributed by atoms with Crippen LogP contribution in [0.5, 0.6) is 0 Å². The van der Waals surface area contributed by atoms with Crippen LogP contribution in [-0.2, 0) is 14.8 Å². The van der Waals surface area contributed by atoms with Gasteiger partial charge in [-0.15, -0.1) is 0 Å². The highest BCUT2D eigenvalue weighted by atomic mass is 32.2. The maximum absolute atomic E-state index is 12.6. The number of nitrogens with zero attached hydrogens (tertiary/aromatic N) is 1. The van der Waals surface area contributed by atoms with Crippen molar-refractivity contribution >= 4 is 38.2 Å². The molecule has 3 rings (SSSR count). The average Bonchev–Trinajstić information content (AvgIpc) is 2.96. The zero-order valence-corrected chi connectivity index (χ0v) is 13.9. The van der Waals surface area contributed by atoms with Crippen molar-refractivity contribution in [3.8, 4) is 0 Å². The molecule has 0 aliphatic carbocycles. The van der Waals surface area contributed by atoms with E-state index in [-0.39, 0.29) is 10.8 Å². The van der Waals surface area contributed by atoms with Crippen LogP contribution in [0.3, 0.4) is 0 Å². The fraction of sp³-hybridized carbons (Fsp3) is 0.125. The average molecular weight is 344 g/mol. The number of anilines is 2. The normalized spacial score (nSPS) is 11.4. The van der Waals surface area contributed by atoms with Gasteiger partial charge in [0.15, 0.2) is 0 Å². The number of amides is 1. The van der Waals surface area contributed by atoms with Gasteiger partial charge in [0.1, 0.15) is 0 Å². The number of carbonyl (C=O) groups is 1. The lowest BCUT2D eigenvalue weighted by Gasteiger charge is -2.11. The van der Waals surface area contributed by atoms with Gasteiger partial charge in [-0.2, -0.15) is 5.10 Å². The molecule has 1 amide bonds. The second-order valence-electron chi connectivity index (χ2n) is 5.44. The molecule has 1 aromatic heterocycles. The molecule has 0 radical (unpaired) electrons. The van der Waals surface area contributed by atoms with Gasteiger partial charge in [0.25, 0.3) is 10.0 Å². The number of aromatic nitrogens is 2. The van der Waals surface area contributed by atoms with E-state index in [0.717, 1.165) is 16.5 Å². The fourth-order valence-corrected chi connectivity index (χ4v) is 3.38. The van der Waals surface area contributed by atoms with Crippen LogP contribution < -0.4 is 10.0 Å². The molecule has 2 aromatic carbocycles. The molecule has 0 atom stereocenters. The summed E-state index contributed by atoms with van der Waals surface area (Å²) in [5.41, 5.74) is 2.41. The van der Waals surface area contributed by atoms with Gasteiger partial charge in [-0.1, -0.05) is 6.07 Å². The van der Waals surface area contributed by atoms with Crippen molar-refractivity contribution in [2.45, 2.75) is 18.7 Å². The van der Waals surface area contributed by atoms with Crippen LogP contribution in [0.4, 0.5) is 11.4 Å². The van der Waals surface area contributed by atoms with Crippen LogP contribution in [0.15, 0.2) is 47.5 Å². The largest absolute Gasteiger partial charge is 0.326 e. The summed E-state index contributed by atoms with van der Waals surface area (Å²) in [7, 11) is -3.78. The molecule has 3 aromatic rings. The molecule has 24 heavy (non-hydrogen) atoms. The van der Waals surface area contributed by atoms with Crippen molar-refractivity contribution in [3.05, 3.63) is 48.2 Å². The van der Waals surface area contributed by atoms with Gasteiger partial charge in [0, 0.05) is 18.0 Å². The number of hydrogen-bond donors (Lipinski definition) is 3. The summed E-state index contributed by atoms with van der Waals surface area (Å²) in [6, 6.07) is 9.69. The summed E-state index contributed by atoms with van der Waals surface area (Å²) in [6.45, 7) is 3.17. The Morgan fingerprint density at radius 3 is 2.71 bits per heavy atom. The van der Waals surface area contributed by atoms with Crippen LogP contribution in [0, 0.1) is 6.92 Å². The molecule has 3 N–H and O–H groups in total. The predicted molar refractivity (Wildman–Crippen MR) is 92.4 cm³/mol. The number of aromatic amines is 1. The second-order valence-corrected chi connectivity index (χ2v) is 7.12. The summed E-state index contributed by atoms with van der Waals surface area (Å²) < 4.78 is 27.7. The van der Waals surface area contributed by atoms with Crippen molar-refractivity contribution in [1.82, 2.24) is 10.2 Å². The number of aryl methyl sites for hydroxylation is 1. The SMILES string of the molecule is CC(=O)Nc1cc(S(=O)(=O)Nc2ccc3cn[nH]c3c2)ccc1C. The van der Waals surface area contributed by atoms with Gasteiger partial charge in [0.2, 0.25) is 5.91 Å². The molecule has 0 spiro atoms. The Morgan fingerprint density at radius 2 is 1.96 bits per heavy atom. The fourth-order valence-electron chi connectivity index (χ4n) is 2.31. The van der Waals surface area contributed by atoms with Crippen LogP contribution in [-0.4, -0.2) is 24.5 Å². The van der Waals surface area contributed by atoms with Gasteiger partial charge < -0.3 is 5.32 Å². The third kappa shape index (κ3) is 3.23. The molecule has 0 aliphatic rings. The summed E-state index contributed by atoms with van der Waals surface area (Å²) in [5.74, 6) is -0.259. The first-order valence-electron chi connectivity index (χ1n) is 7.19. The smallest absolute Gasteiger partial charge is 0.261 e. The molecule has 7 nitrogen and oxygen atoms in total. The third-order valence-electron chi connectivity index (χ3n) is 3.52. The first-order chi connectivity index (χ1) is 11.3. The van der Waals surface area contributed by atoms with Crippen LogP contribution in [0.2, 0.25) is 0 Å². The lowest BCUT2D eigenvalue weighted by Crippen LogP contribution is -2.14. The molecular formula is C16H16N4O3S. The minimum atomic E-state index is -3.78. The zero-order valence-electron chi connectivity index (χ0n) is 13.1. The number of sulfonamides is 1. The van der Waals surface area contributed by atoms with Gasteiger partial charge in [-0.25, -0.2) is 8.42 Å². The summed E-state index contributed by atoms with van der Waals surface area (Å²) in [4.78, 5) is 11.3. The number of nitrogens with one attached hydrogen (secondary N) is 3. The van der Waals surface area contributed by atoms with E-state index in [9.17, 15) is 13.2 Å². The minimum absolute atomic E-state index is 0.0709. The zero-order chi connectivity index (χ0) is 17.3. The number of hydrogen-bond acceptors (Lipinski definition) is 4. The molecule has 0 fully saturated rings. The molecule has 8 heteroatoms. The lowest BCUT2D eigenvalue weighted by molar-refractivity contribution is -0.114. The van der Waals surface area contributed by atoms with E-state index < -0.39 is 10.0 Å². The standard InChI is InChI=1S/C16H16N4O3S/c1-10-3-6-14(8-15(10)18-11(2)21)24(22,23)20-13-5-4-12-9-17-19-16(12)7-13/h3-9,20H,1-2H3,(H,17,19)(H,18,21). The van der Waals surface area contributed by atoms with Crippen molar-refractivity contribution in [3.63, 3.8) is 0 Å². The van der Waals surface area contributed by atoms with Gasteiger partial charge >= 0.3 is 0 Å². The Labute approximate surface area is 139 Å². The Kier molecular flexibility index (Phi) is 3.98. The molecule has 0 bridgehead atoms. The van der Waals surface area contributed by atoms with E-state index in [1.807, 2.05) is 0 Å². The van der Waals surface area contributed by atoms with Crippen LogP contribution >= 0.6 is 0 Å². The molecule has 0 saturated carbocycles. The molecule has 1 heterocycles. The topological polar surface area (TPSA) is 104 Å². The summed E-state index contributed by atoms with van der Waals surface area (Å²) >= 11 is 0. The molecule has 0 saturated heterocycles. The molecule has 0 unspecified atom stereocenters. The van der Waals surface area contributed by atoms with E-state index in [1.165, 1.54) is 19.1 Å². The predicted octanol–water partition coefficient (Wildman–Crippen LogP) is 2.63. The third-order valence-corrected chi connectivity index (χ3v) is 4.90. The van der Waals surface area contributed by atoms with E-state index >= 15 is 0 Å². The Balaban J connectivity index is 1.93. The van der Waals surface area contributed by atoms with Gasteiger partial charge in [-0.05, 0) is 42.8 Å². The highest BCUT2D eigenvalue weighted by Crippen LogP contribution is 2.24. The maximum atomic E-state index is 12.6. The first-order valence-corrected chi connectivity index (χ1v) is 8.68. The van der Waals surface area contributed by atoms with Crippen molar-refractivity contribution in [1.29, 1.82) is 0 Å². The number of benzene rings is 2. The Morgan fingerprint density at radius 1 is 1.17 bits per heavy atom. The van der Waals surface area contributed by atoms with Crippen LogP contribution in [0.1, 0.15) is 12.5 Å². The maximum Gasteiger partial charge on any atom is 0.261 e. The Bertz CT molecular complexity index is 1020. The van der Waals surface area contributed by atoms with E-state index in [2.05, 4.69) is 20.2 Å². The number of carbonyl (C=O) groups excluding carboxylic acids is 1. The number of H-pyrrole nitrogens is 1. The van der Waals surface area contributed by atoms with Crippen molar-refractivity contribution in [2.24, 2.45) is 0 Å². The highest BCUT2D eigenvalue weighted by Gasteiger charge is 2.16. The van der Waals surface area contributed by atoms with E-state index in [4.69, 9.17) is 0 Å². The van der Waals surface area contributed by atoms with Crippen molar-refractivity contribution < 1.29 is 13.2 Å². The first kappa shape index (κ1) is 16.0. The second kappa shape index (κ2) is 5.97. The molecule has 124 valence electrons. The van der Waals surface area contributed by atoms with Crippen molar-refractivity contribution in [2.75, 3.05) is 10.0 Å². The minimum Gasteiger partial charge on any atom is -0.326 e. The van der Waals surface area contributed by atoms with Gasteiger partial charge in [0.05, 0.1) is 22.3 Å². The van der Waals surface area contributed by atoms with E-state index in [0.29, 0.717) is 11.4 Å². The summed E-state index contributed by atoms with van der Waals surface area (Å²) in [6.07, 6.45) is 1.66. The lowest BCUT2D eigenvalue weighted by atomic mass is 10.2. The molecule has 0 aliphatic heterocycles. The highest BCUT2D eigenvalue weighted by molar-refractivity contribution is 7.92. The Hall–Kier alpha value is -2.87. The van der Waals surface area contributed by atoms with Crippen LogP contribution in [0.25, 0.3) is 10.9 Å². The molecular weight excluding hydrogens is 328 g/mol. The number of rotatable bonds is 4. The van der Waals surface area contributed by atoms with Gasteiger partial charge in [-0.3, -0.25) is 14.6 Å². The summed E-state index contributed by atoms with van der Waals surface area (Å²) in [5, 5.41) is 10.2. The monoisotopic (exact) mass is 344 g/mol.